The monoisotopic (exact) mass is 642 g/mol. The van der Waals surface area contributed by atoms with Crippen LogP contribution in [0.3, 0.4) is 0 Å². The minimum Gasteiger partial charge on any atom is -0.481 e. The number of para-hydroxylation sites is 2. The molecular formula is C35H42N6O4S. The number of rotatable bonds is 9. The molecule has 0 radical (unpaired) electrons. The number of carboxylic acid groups (broad SMARTS) is 1. The molecule has 0 bridgehead atoms. The number of thiazole rings is 1. The molecule has 1 aromatic carbocycles. The number of hydrogen-bond acceptors (Lipinski definition) is 7. The van der Waals surface area contributed by atoms with Crippen LogP contribution >= 0.6 is 11.3 Å². The van der Waals surface area contributed by atoms with Gasteiger partial charge in [0.1, 0.15) is 10.7 Å². The first-order valence-corrected chi connectivity index (χ1v) is 17.0. The molecule has 242 valence electrons. The SMILES string of the molecule is CC(C)(C)C(C(=O)O)C1=C2CC=CC=C2N(Cc2nc(C(=O)NCC3CCC(Nc4nc5ccccc5[nH]4)CC3)cs2)C(=O)CC1. The molecule has 2 amide bonds. The molecule has 11 heteroatoms. The fraction of sp³-hybridized carbons (Fsp3) is 0.457. The number of amides is 2. The number of aromatic nitrogens is 3. The summed E-state index contributed by atoms with van der Waals surface area (Å²) in [6.07, 6.45) is 11.1. The normalized spacial score (nSPS) is 21.1. The maximum absolute atomic E-state index is 13.4. The van der Waals surface area contributed by atoms with Crippen LogP contribution in [0.15, 0.2) is 64.7 Å². The largest absolute Gasteiger partial charge is 0.481 e. The Labute approximate surface area is 273 Å². The zero-order valence-corrected chi connectivity index (χ0v) is 27.5. The van der Waals surface area contributed by atoms with Gasteiger partial charge in [-0.1, -0.05) is 45.1 Å². The maximum Gasteiger partial charge on any atom is 0.311 e. The molecule has 0 spiro atoms. The van der Waals surface area contributed by atoms with E-state index in [4.69, 9.17) is 0 Å². The van der Waals surface area contributed by atoms with Crippen molar-refractivity contribution in [3.05, 3.63) is 75.4 Å². The molecule has 3 aromatic rings. The molecule has 4 N–H and O–H groups in total. The van der Waals surface area contributed by atoms with Gasteiger partial charge in [0.15, 0.2) is 0 Å². The molecule has 10 nitrogen and oxygen atoms in total. The van der Waals surface area contributed by atoms with Crippen molar-refractivity contribution in [3.63, 3.8) is 0 Å². The van der Waals surface area contributed by atoms with Crippen LogP contribution in [-0.2, 0) is 16.1 Å². The third kappa shape index (κ3) is 6.94. The molecule has 3 aliphatic rings. The lowest BCUT2D eigenvalue weighted by molar-refractivity contribution is -0.143. The maximum atomic E-state index is 13.4. The quantitative estimate of drug-likeness (QED) is 0.211. The lowest BCUT2D eigenvalue weighted by Gasteiger charge is -2.32. The minimum atomic E-state index is -0.868. The summed E-state index contributed by atoms with van der Waals surface area (Å²) in [7, 11) is 0. The number of imidazole rings is 1. The Morgan fingerprint density at radius 3 is 2.65 bits per heavy atom. The number of fused-ring (bicyclic) bond motifs is 2. The van der Waals surface area contributed by atoms with Crippen LogP contribution in [-0.4, -0.2) is 55.3 Å². The standard InChI is InChI=1S/C35H42N6O4S/c1-35(2,3)31(33(44)45)24-16-17-30(42)41(28-11-7-4-8-23(24)28)19-29-38-27(20-46-29)32(43)36-18-21-12-14-22(15-13-21)37-34-39-25-9-5-6-10-26(25)40-34/h4-7,9-11,20-22,31H,8,12-19H2,1-3H3,(H,36,43)(H,44,45)(H2,37,39,40). The highest BCUT2D eigenvalue weighted by molar-refractivity contribution is 7.09. The Balaban J connectivity index is 1.05. The van der Waals surface area contributed by atoms with E-state index in [-0.39, 0.29) is 24.8 Å². The Kier molecular flexibility index (Phi) is 9.13. The average molecular weight is 643 g/mol. The van der Waals surface area contributed by atoms with Gasteiger partial charge >= 0.3 is 5.97 Å². The van der Waals surface area contributed by atoms with E-state index in [1.807, 2.05) is 63.3 Å². The van der Waals surface area contributed by atoms with Crippen molar-refractivity contribution in [1.82, 2.24) is 25.2 Å². The number of aliphatic carboxylic acids is 1. The van der Waals surface area contributed by atoms with Crippen LogP contribution in [0.25, 0.3) is 11.0 Å². The lowest BCUT2D eigenvalue weighted by atomic mass is 9.72. The van der Waals surface area contributed by atoms with Gasteiger partial charge in [-0.25, -0.2) is 9.97 Å². The average Bonchev–Trinajstić information content (AvgIpc) is 3.64. The van der Waals surface area contributed by atoms with Crippen molar-refractivity contribution in [2.75, 3.05) is 11.9 Å². The van der Waals surface area contributed by atoms with Crippen LogP contribution in [0.1, 0.15) is 81.2 Å². The molecule has 1 unspecified atom stereocenters. The van der Waals surface area contributed by atoms with E-state index in [9.17, 15) is 19.5 Å². The number of carboxylic acids is 1. The van der Waals surface area contributed by atoms with Gasteiger partial charge < -0.3 is 25.6 Å². The first-order valence-electron chi connectivity index (χ1n) is 16.1. The van der Waals surface area contributed by atoms with E-state index < -0.39 is 17.3 Å². The Hall–Kier alpha value is -4.25. The number of benzene rings is 1. The van der Waals surface area contributed by atoms with E-state index in [1.165, 1.54) is 11.3 Å². The Bertz CT molecular complexity index is 1690. The third-order valence-electron chi connectivity index (χ3n) is 9.28. The van der Waals surface area contributed by atoms with E-state index in [0.29, 0.717) is 42.0 Å². The molecule has 3 heterocycles. The fourth-order valence-corrected chi connectivity index (χ4v) is 7.73. The summed E-state index contributed by atoms with van der Waals surface area (Å²) in [6.45, 7) is 6.63. The van der Waals surface area contributed by atoms with E-state index in [1.54, 1.807) is 10.3 Å². The second-order valence-corrected chi connectivity index (χ2v) is 14.5. The lowest BCUT2D eigenvalue weighted by Crippen LogP contribution is -2.34. The molecule has 46 heavy (non-hydrogen) atoms. The van der Waals surface area contributed by atoms with Crippen LogP contribution in [0.5, 0.6) is 0 Å². The van der Waals surface area contributed by atoms with Gasteiger partial charge in [0, 0.05) is 30.1 Å². The number of hydrogen-bond donors (Lipinski definition) is 4. The molecule has 2 aliphatic carbocycles. The van der Waals surface area contributed by atoms with Crippen molar-refractivity contribution in [2.24, 2.45) is 17.3 Å². The van der Waals surface area contributed by atoms with Gasteiger partial charge in [0.25, 0.3) is 5.91 Å². The highest BCUT2D eigenvalue weighted by atomic mass is 32.1. The summed E-state index contributed by atoms with van der Waals surface area (Å²) < 4.78 is 0. The predicted molar refractivity (Wildman–Crippen MR) is 179 cm³/mol. The van der Waals surface area contributed by atoms with Gasteiger partial charge in [-0.15, -0.1) is 11.3 Å². The van der Waals surface area contributed by atoms with Crippen LogP contribution in [0.4, 0.5) is 5.95 Å². The molecule has 1 aliphatic heterocycles. The van der Waals surface area contributed by atoms with Crippen LogP contribution < -0.4 is 10.6 Å². The first-order chi connectivity index (χ1) is 22.1. The highest BCUT2D eigenvalue weighted by Gasteiger charge is 2.39. The Morgan fingerprint density at radius 2 is 1.91 bits per heavy atom. The molecule has 0 saturated heterocycles. The van der Waals surface area contributed by atoms with E-state index in [0.717, 1.165) is 59.5 Å². The number of nitrogens with one attached hydrogen (secondary N) is 3. The number of carbonyl (C=O) groups excluding carboxylic acids is 2. The predicted octanol–water partition coefficient (Wildman–Crippen LogP) is 6.43. The summed E-state index contributed by atoms with van der Waals surface area (Å²) in [6, 6.07) is 8.34. The van der Waals surface area contributed by atoms with Gasteiger partial charge in [0.05, 0.1) is 23.5 Å². The molecule has 2 aromatic heterocycles. The number of allylic oxidation sites excluding steroid dienone is 4. The highest BCUT2D eigenvalue weighted by Crippen LogP contribution is 2.42. The summed E-state index contributed by atoms with van der Waals surface area (Å²) in [5, 5.41) is 19.2. The van der Waals surface area contributed by atoms with Crippen molar-refractivity contribution in [2.45, 2.75) is 78.3 Å². The smallest absolute Gasteiger partial charge is 0.311 e. The Morgan fingerprint density at radius 1 is 1.13 bits per heavy atom. The van der Waals surface area contributed by atoms with Crippen LogP contribution in [0.2, 0.25) is 0 Å². The van der Waals surface area contributed by atoms with Crippen molar-refractivity contribution < 1.29 is 19.5 Å². The number of carbonyl (C=O) groups is 3. The molecule has 1 fully saturated rings. The summed E-state index contributed by atoms with van der Waals surface area (Å²) in [4.78, 5) is 53.2. The minimum absolute atomic E-state index is 0.0706. The molecular weight excluding hydrogens is 600 g/mol. The zero-order chi connectivity index (χ0) is 32.4. The van der Waals surface area contributed by atoms with Crippen molar-refractivity contribution in [3.8, 4) is 0 Å². The fourth-order valence-electron chi connectivity index (χ4n) is 6.97. The first kappa shape index (κ1) is 31.7. The summed E-state index contributed by atoms with van der Waals surface area (Å²) >= 11 is 1.36. The van der Waals surface area contributed by atoms with E-state index >= 15 is 0 Å². The molecule has 1 saturated carbocycles. The number of anilines is 1. The summed E-state index contributed by atoms with van der Waals surface area (Å²) in [5.74, 6) is -0.629. The molecule has 1 atom stereocenters. The second kappa shape index (κ2) is 13.2. The van der Waals surface area contributed by atoms with Crippen LogP contribution in [0, 0.1) is 17.3 Å². The van der Waals surface area contributed by atoms with Gasteiger partial charge in [-0.2, -0.15) is 0 Å². The third-order valence-corrected chi connectivity index (χ3v) is 10.1. The summed E-state index contributed by atoms with van der Waals surface area (Å²) in [5.41, 5.74) is 4.30. The van der Waals surface area contributed by atoms with Gasteiger partial charge in [-0.3, -0.25) is 14.4 Å². The van der Waals surface area contributed by atoms with Gasteiger partial charge in [0.2, 0.25) is 11.9 Å². The second-order valence-electron chi connectivity index (χ2n) is 13.6. The van der Waals surface area contributed by atoms with Gasteiger partial charge in [-0.05, 0) is 79.2 Å². The zero-order valence-electron chi connectivity index (χ0n) is 26.6. The van der Waals surface area contributed by atoms with Crippen molar-refractivity contribution >= 4 is 46.1 Å². The van der Waals surface area contributed by atoms with Crippen molar-refractivity contribution in [1.29, 1.82) is 0 Å². The number of H-pyrrole nitrogens is 1. The number of aromatic amines is 1. The van der Waals surface area contributed by atoms with E-state index in [2.05, 4.69) is 25.6 Å². The topological polar surface area (TPSA) is 140 Å². The number of nitrogens with zero attached hydrogens (tertiary/aromatic N) is 3. The molecule has 6 rings (SSSR count).